The molecule has 11 heteroatoms. The van der Waals surface area contributed by atoms with E-state index in [0.717, 1.165) is 60.6 Å². The molecule has 1 N–H and O–H groups in total. The number of imidazole rings is 1. The van der Waals surface area contributed by atoms with E-state index >= 15 is 0 Å². The van der Waals surface area contributed by atoms with Crippen molar-refractivity contribution >= 4 is 33.7 Å². The van der Waals surface area contributed by atoms with Gasteiger partial charge in [-0.1, -0.05) is 18.2 Å². The minimum atomic E-state index is -1.06. The van der Waals surface area contributed by atoms with E-state index in [4.69, 9.17) is 23.9 Å². The van der Waals surface area contributed by atoms with E-state index in [9.17, 15) is 15.2 Å². The van der Waals surface area contributed by atoms with Gasteiger partial charge in [0.05, 0.1) is 42.8 Å². The molecule has 2 aliphatic heterocycles. The van der Waals surface area contributed by atoms with Crippen LogP contribution in [0.4, 0.5) is 0 Å². The van der Waals surface area contributed by atoms with Gasteiger partial charge >= 0.3 is 5.97 Å². The molecule has 1 fully saturated rings. The van der Waals surface area contributed by atoms with Gasteiger partial charge in [-0.25, -0.2) is 19.7 Å². The molecule has 11 nitrogen and oxygen atoms in total. The summed E-state index contributed by atoms with van der Waals surface area (Å²) < 4.78 is 19.3. The number of aromatic carboxylic acids is 1. The Morgan fingerprint density at radius 3 is 2.81 bits per heavy atom. The Morgan fingerprint density at radius 2 is 2.05 bits per heavy atom. The molecule has 0 spiro atoms. The topological polar surface area (TPSA) is 140 Å². The van der Waals surface area contributed by atoms with Crippen molar-refractivity contribution in [2.24, 2.45) is 0 Å². The number of nitriles is 1. The third-order valence-corrected chi connectivity index (χ3v) is 7.98. The maximum absolute atomic E-state index is 11.5. The second kappa shape index (κ2) is 11.3. The number of hydrogen-bond acceptors (Lipinski definition) is 9. The Morgan fingerprint density at radius 1 is 1.14 bits per heavy atom. The number of rotatable bonds is 9. The third-order valence-electron chi connectivity index (χ3n) is 7.98. The van der Waals surface area contributed by atoms with Crippen LogP contribution in [0.15, 0.2) is 65.3 Å². The van der Waals surface area contributed by atoms with Gasteiger partial charge in [0.1, 0.15) is 23.5 Å². The summed E-state index contributed by atoms with van der Waals surface area (Å²) in [5.74, 6) is 0.307. The summed E-state index contributed by atoms with van der Waals surface area (Å²) >= 11 is 0. The molecule has 0 amide bonds. The Bertz CT molecular complexity index is 1910. The molecule has 0 radical (unpaired) electrons. The number of aromatic nitrogens is 4. The Labute approximate surface area is 246 Å². The van der Waals surface area contributed by atoms with E-state index in [-0.39, 0.29) is 18.4 Å². The Balaban J connectivity index is 1.05. The summed E-state index contributed by atoms with van der Waals surface area (Å²) in [6.45, 7) is 3.76. The van der Waals surface area contributed by atoms with E-state index in [1.807, 2.05) is 28.8 Å². The van der Waals surface area contributed by atoms with Crippen molar-refractivity contribution in [3.05, 3.63) is 89.2 Å². The first-order valence-corrected chi connectivity index (χ1v) is 14.2. The largest absolute Gasteiger partial charge is 0.477 e. The fraction of sp³-hybridized carbons (Fsp3) is 0.281. The molecule has 0 bridgehead atoms. The molecule has 7 rings (SSSR count). The highest BCUT2D eigenvalue weighted by molar-refractivity contribution is 5.88. The van der Waals surface area contributed by atoms with Gasteiger partial charge in [0, 0.05) is 36.7 Å². The SMILES string of the molecule is N#Cc1ccc(COc2cccc(C3=CCN(Cc4nc5ccc(C(=O)O)nc5n4C[C@@H]4CCO4)CC3)n2)c2occc12. The van der Waals surface area contributed by atoms with Crippen LogP contribution in [0.1, 0.15) is 46.0 Å². The summed E-state index contributed by atoms with van der Waals surface area (Å²) in [4.78, 5) is 27.8. The molecule has 1 saturated heterocycles. The summed E-state index contributed by atoms with van der Waals surface area (Å²) in [5.41, 5.74) is 5.36. The molecule has 1 aromatic carbocycles. The number of ether oxygens (including phenoxy) is 2. The lowest BCUT2D eigenvalue weighted by Crippen LogP contribution is -2.34. The Kier molecular flexibility index (Phi) is 7.06. The zero-order valence-electron chi connectivity index (χ0n) is 23.3. The number of carboxylic acids is 1. The molecular formula is C32H28N6O5. The van der Waals surface area contributed by atoms with Gasteiger partial charge in [-0.05, 0) is 48.7 Å². The van der Waals surface area contributed by atoms with Gasteiger partial charge in [0.2, 0.25) is 5.88 Å². The fourth-order valence-corrected chi connectivity index (χ4v) is 5.56. The second-order valence-electron chi connectivity index (χ2n) is 10.7. The van der Waals surface area contributed by atoms with Gasteiger partial charge < -0.3 is 23.6 Å². The van der Waals surface area contributed by atoms with Gasteiger partial charge in [-0.15, -0.1) is 0 Å². The minimum Gasteiger partial charge on any atom is -0.477 e. The number of carbonyl (C=O) groups is 1. The average Bonchev–Trinajstić information content (AvgIpc) is 3.63. The average molecular weight is 577 g/mol. The number of furan rings is 1. The standard InChI is InChI=1S/C32H28N6O5/c33-16-21-4-5-22(30-24(21)11-15-42-30)19-43-29-3-1-2-25(35-29)20-8-12-37(13-9-20)18-28-34-26-6-7-27(32(39)40)36-31(26)38(28)17-23-10-14-41-23/h1-8,11,15,23H,9-10,12-14,17-19H2,(H,39,40)/t23-/m0/s1. The highest BCUT2D eigenvalue weighted by atomic mass is 16.5. The molecule has 6 heterocycles. The van der Waals surface area contributed by atoms with Crippen LogP contribution in [0, 0.1) is 11.3 Å². The molecule has 43 heavy (non-hydrogen) atoms. The third kappa shape index (κ3) is 5.34. The lowest BCUT2D eigenvalue weighted by Gasteiger charge is -2.29. The van der Waals surface area contributed by atoms with Gasteiger partial charge in [0.25, 0.3) is 0 Å². The lowest BCUT2D eigenvalue weighted by atomic mass is 10.0. The van der Waals surface area contributed by atoms with Crippen molar-refractivity contribution in [2.75, 3.05) is 19.7 Å². The zero-order valence-corrected chi connectivity index (χ0v) is 23.3. The van der Waals surface area contributed by atoms with Crippen LogP contribution in [-0.4, -0.2) is 61.3 Å². The van der Waals surface area contributed by atoms with Gasteiger partial charge in [0.15, 0.2) is 11.3 Å². The van der Waals surface area contributed by atoms with Crippen LogP contribution in [0.5, 0.6) is 5.88 Å². The lowest BCUT2D eigenvalue weighted by molar-refractivity contribution is -0.0592. The summed E-state index contributed by atoms with van der Waals surface area (Å²) in [6.07, 6.45) is 5.63. The van der Waals surface area contributed by atoms with Crippen LogP contribution < -0.4 is 4.74 Å². The van der Waals surface area contributed by atoms with Crippen LogP contribution in [0.3, 0.4) is 0 Å². The number of hydrogen-bond donors (Lipinski definition) is 1. The summed E-state index contributed by atoms with van der Waals surface area (Å²) in [7, 11) is 0. The molecular weight excluding hydrogens is 548 g/mol. The quantitative estimate of drug-likeness (QED) is 0.260. The van der Waals surface area contributed by atoms with E-state index < -0.39 is 5.97 Å². The zero-order chi connectivity index (χ0) is 29.3. The Hall–Kier alpha value is -5.05. The van der Waals surface area contributed by atoms with Gasteiger partial charge in [-0.3, -0.25) is 4.90 Å². The first kappa shape index (κ1) is 26.8. The highest BCUT2D eigenvalue weighted by Crippen LogP contribution is 2.27. The van der Waals surface area contributed by atoms with E-state index in [1.54, 1.807) is 24.5 Å². The number of carboxylic acid groups (broad SMARTS) is 1. The van der Waals surface area contributed by atoms with E-state index in [1.165, 1.54) is 6.07 Å². The predicted octanol–water partition coefficient (Wildman–Crippen LogP) is 4.80. The normalized spacial score (nSPS) is 17.0. The van der Waals surface area contributed by atoms with Crippen molar-refractivity contribution in [1.82, 2.24) is 24.4 Å². The molecule has 2 aliphatic rings. The highest BCUT2D eigenvalue weighted by Gasteiger charge is 2.25. The smallest absolute Gasteiger partial charge is 0.354 e. The van der Waals surface area contributed by atoms with Crippen LogP contribution in [0.25, 0.3) is 27.7 Å². The predicted molar refractivity (Wildman–Crippen MR) is 156 cm³/mol. The number of fused-ring (bicyclic) bond motifs is 2. The molecule has 0 aliphatic carbocycles. The van der Waals surface area contributed by atoms with Crippen LogP contribution in [-0.2, 0) is 24.4 Å². The van der Waals surface area contributed by atoms with Crippen LogP contribution >= 0.6 is 0 Å². The second-order valence-corrected chi connectivity index (χ2v) is 10.7. The molecule has 5 aromatic rings. The fourth-order valence-electron chi connectivity index (χ4n) is 5.56. The van der Waals surface area contributed by atoms with Crippen molar-refractivity contribution in [3.63, 3.8) is 0 Å². The van der Waals surface area contributed by atoms with Crippen molar-refractivity contribution < 1.29 is 23.8 Å². The van der Waals surface area contributed by atoms with E-state index in [2.05, 4.69) is 22.0 Å². The van der Waals surface area contributed by atoms with Gasteiger partial charge in [-0.2, -0.15) is 5.26 Å². The van der Waals surface area contributed by atoms with E-state index in [0.29, 0.717) is 41.3 Å². The van der Waals surface area contributed by atoms with Crippen LogP contribution in [0.2, 0.25) is 0 Å². The summed E-state index contributed by atoms with van der Waals surface area (Å²) in [5, 5.41) is 19.6. The van der Waals surface area contributed by atoms with Crippen molar-refractivity contribution in [1.29, 1.82) is 5.26 Å². The first-order valence-electron chi connectivity index (χ1n) is 14.2. The number of nitrogens with zero attached hydrogens (tertiary/aromatic N) is 6. The van der Waals surface area contributed by atoms with Crippen molar-refractivity contribution in [3.8, 4) is 11.9 Å². The maximum Gasteiger partial charge on any atom is 0.354 e. The molecule has 1 atom stereocenters. The summed E-state index contributed by atoms with van der Waals surface area (Å²) in [6, 6.07) is 16.6. The maximum atomic E-state index is 11.5. The number of benzene rings is 1. The molecule has 4 aromatic heterocycles. The molecule has 0 unspecified atom stereocenters. The molecule has 216 valence electrons. The first-order chi connectivity index (χ1) is 21.1. The minimum absolute atomic E-state index is 0.00476. The van der Waals surface area contributed by atoms with Crippen molar-refractivity contribution in [2.45, 2.75) is 38.6 Å². The molecule has 0 saturated carbocycles. The number of pyridine rings is 2. The monoisotopic (exact) mass is 576 g/mol.